The number of nitrogens with zero attached hydrogens (tertiary/aromatic N) is 4. The van der Waals surface area contributed by atoms with Crippen LogP contribution in [-0.2, 0) is 14.8 Å². The monoisotopic (exact) mass is 514 g/mol. The van der Waals surface area contributed by atoms with Gasteiger partial charge in [0.05, 0.1) is 18.1 Å². The molecule has 36 heavy (non-hydrogen) atoms. The quantitative estimate of drug-likeness (QED) is 0.254. The molecule has 0 spiro atoms. The normalized spacial score (nSPS) is 14.5. The van der Waals surface area contributed by atoms with Crippen LogP contribution in [0.3, 0.4) is 0 Å². The van der Waals surface area contributed by atoms with E-state index < -0.39 is 27.4 Å². The van der Waals surface area contributed by atoms with E-state index in [-0.39, 0.29) is 16.4 Å². The van der Waals surface area contributed by atoms with Gasteiger partial charge < -0.3 is 24.2 Å². The number of ether oxygens (including phenoxy) is 2. The van der Waals surface area contributed by atoms with Crippen molar-refractivity contribution in [2.24, 2.45) is 0 Å². The topological polar surface area (TPSA) is 134 Å². The maximum atomic E-state index is 13.1. The van der Waals surface area contributed by atoms with Crippen LogP contribution in [0.25, 0.3) is 5.69 Å². The number of hydrogen-bond donors (Lipinski definition) is 0. The minimum absolute atomic E-state index is 0.0891. The number of aryl methyl sites for hydroxylation is 2. The summed E-state index contributed by atoms with van der Waals surface area (Å²) >= 11 is 0. The van der Waals surface area contributed by atoms with Crippen molar-refractivity contribution in [1.29, 1.82) is 0 Å². The first-order chi connectivity index (χ1) is 17.1. The molecule has 3 aromatic rings. The lowest BCUT2D eigenvalue weighted by Gasteiger charge is -2.26. The van der Waals surface area contributed by atoms with E-state index in [1.807, 2.05) is 6.92 Å². The molecule has 0 saturated carbocycles. The molecule has 1 fully saturated rings. The average molecular weight is 515 g/mol. The van der Waals surface area contributed by atoms with Crippen molar-refractivity contribution in [3.63, 3.8) is 0 Å². The average Bonchev–Trinajstić information content (AvgIpc) is 3.17. The number of benzene rings is 1. The number of pyridine rings is 1. The van der Waals surface area contributed by atoms with Gasteiger partial charge in [0, 0.05) is 42.7 Å². The van der Waals surface area contributed by atoms with Crippen LogP contribution in [0.1, 0.15) is 27.4 Å². The highest BCUT2D eigenvalue weighted by Gasteiger charge is 2.27. The summed E-state index contributed by atoms with van der Waals surface area (Å²) in [4.78, 5) is 27.6. The van der Waals surface area contributed by atoms with E-state index in [2.05, 4.69) is 4.98 Å². The molecule has 1 aliphatic heterocycles. The third-order valence-corrected chi connectivity index (χ3v) is 7.82. The van der Waals surface area contributed by atoms with Crippen molar-refractivity contribution in [2.45, 2.75) is 25.7 Å². The van der Waals surface area contributed by atoms with Gasteiger partial charge in [-0.05, 0) is 60.2 Å². The largest absolute Gasteiger partial charge is 0.477 e. The Balaban J connectivity index is 1.59. The van der Waals surface area contributed by atoms with E-state index in [0.29, 0.717) is 48.9 Å². The Kier molecular flexibility index (Phi) is 7.20. The molecule has 2 aromatic heterocycles. The summed E-state index contributed by atoms with van der Waals surface area (Å²) in [5, 5.41) is 11.3. The molecule has 0 aliphatic carbocycles. The second kappa shape index (κ2) is 10.2. The highest BCUT2D eigenvalue weighted by molar-refractivity contribution is 7.89. The fourth-order valence-electron chi connectivity index (χ4n) is 4.16. The SMILES string of the molecule is Cc1ccc(OCC(=O)c2cc(C)n(-c3cccc(S(=O)(=O)N4CCOCC4)c3)c2C)c([N+](=O)[O-])n1. The van der Waals surface area contributed by atoms with E-state index in [4.69, 9.17) is 9.47 Å². The third kappa shape index (κ3) is 5.01. The lowest BCUT2D eigenvalue weighted by Crippen LogP contribution is -2.40. The van der Waals surface area contributed by atoms with Gasteiger partial charge >= 0.3 is 5.82 Å². The maximum Gasteiger partial charge on any atom is 0.406 e. The summed E-state index contributed by atoms with van der Waals surface area (Å²) < 4.78 is 40.1. The summed E-state index contributed by atoms with van der Waals surface area (Å²) in [7, 11) is -3.69. The van der Waals surface area contributed by atoms with Gasteiger partial charge in [-0.1, -0.05) is 6.07 Å². The zero-order chi connectivity index (χ0) is 26.0. The molecule has 1 aromatic carbocycles. The van der Waals surface area contributed by atoms with Crippen molar-refractivity contribution in [1.82, 2.24) is 13.9 Å². The molecule has 0 atom stereocenters. The van der Waals surface area contributed by atoms with Crippen LogP contribution in [0.5, 0.6) is 5.75 Å². The highest BCUT2D eigenvalue weighted by Crippen LogP contribution is 2.27. The smallest absolute Gasteiger partial charge is 0.406 e. The summed E-state index contributed by atoms with van der Waals surface area (Å²) in [5.74, 6) is -0.915. The Morgan fingerprint density at radius 1 is 1.14 bits per heavy atom. The summed E-state index contributed by atoms with van der Waals surface area (Å²) in [6.07, 6.45) is 0. The number of ketones is 1. The lowest BCUT2D eigenvalue weighted by molar-refractivity contribution is -0.390. The lowest BCUT2D eigenvalue weighted by atomic mass is 10.1. The molecule has 3 heterocycles. The fourth-order valence-corrected chi connectivity index (χ4v) is 5.60. The Morgan fingerprint density at radius 3 is 2.56 bits per heavy atom. The number of hydrogen-bond acceptors (Lipinski definition) is 8. The van der Waals surface area contributed by atoms with E-state index in [0.717, 1.165) is 5.69 Å². The van der Waals surface area contributed by atoms with Gasteiger partial charge in [0.15, 0.2) is 6.61 Å². The van der Waals surface area contributed by atoms with Gasteiger partial charge in [-0.2, -0.15) is 4.31 Å². The van der Waals surface area contributed by atoms with E-state index in [9.17, 15) is 23.3 Å². The molecule has 0 bridgehead atoms. The van der Waals surface area contributed by atoms with Crippen molar-refractivity contribution in [3.05, 3.63) is 75.2 Å². The molecule has 1 saturated heterocycles. The Hall–Kier alpha value is -3.61. The number of carbonyl (C=O) groups is 1. The number of rotatable bonds is 8. The fraction of sp³-hybridized carbons (Fsp3) is 0.333. The van der Waals surface area contributed by atoms with E-state index >= 15 is 0 Å². The van der Waals surface area contributed by atoms with Crippen LogP contribution in [0, 0.1) is 30.9 Å². The number of Topliss-reactive ketones (excluding diaryl/α,β-unsaturated/α-hetero) is 1. The standard InChI is InChI=1S/C24H26N4O7S/c1-16-7-8-23(24(25-16)28(30)31)35-15-22(29)21-13-17(2)27(18(21)3)19-5-4-6-20(14-19)36(32,33)26-9-11-34-12-10-26/h4-8,13-14H,9-12,15H2,1-3H3. The summed E-state index contributed by atoms with van der Waals surface area (Å²) in [6, 6.07) is 11.2. The predicted octanol–water partition coefficient (Wildman–Crippen LogP) is 2.99. The van der Waals surface area contributed by atoms with Crippen molar-refractivity contribution in [2.75, 3.05) is 32.9 Å². The number of morpholine rings is 1. The Labute approximate surface area is 208 Å². The number of aromatic nitrogens is 2. The molecule has 12 heteroatoms. The van der Waals surface area contributed by atoms with Gasteiger partial charge in [0.25, 0.3) is 0 Å². The predicted molar refractivity (Wildman–Crippen MR) is 130 cm³/mol. The van der Waals surface area contributed by atoms with Crippen molar-refractivity contribution < 1.29 is 27.6 Å². The molecular formula is C24H26N4O7S. The van der Waals surface area contributed by atoms with Gasteiger partial charge in [-0.15, -0.1) is 0 Å². The molecule has 190 valence electrons. The van der Waals surface area contributed by atoms with Crippen LogP contribution >= 0.6 is 0 Å². The first-order valence-corrected chi connectivity index (χ1v) is 12.7. The molecule has 0 unspecified atom stereocenters. The van der Waals surface area contributed by atoms with E-state index in [1.54, 1.807) is 54.8 Å². The van der Waals surface area contributed by atoms with Gasteiger partial charge in [-0.3, -0.25) is 4.79 Å². The summed E-state index contributed by atoms with van der Waals surface area (Å²) in [5.41, 5.74) is 2.74. The molecule has 11 nitrogen and oxygen atoms in total. The Morgan fingerprint density at radius 2 is 1.86 bits per heavy atom. The van der Waals surface area contributed by atoms with Crippen LogP contribution in [0.15, 0.2) is 47.4 Å². The molecule has 0 radical (unpaired) electrons. The molecule has 4 rings (SSSR count). The van der Waals surface area contributed by atoms with E-state index in [1.165, 1.54) is 10.4 Å². The second-order valence-electron chi connectivity index (χ2n) is 8.38. The summed E-state index contributed by atoms with van der Waals surface area (Å²) in [6.45, 7) is 6.05. The minimum Gasteiger partial charge on any atom is -0.477 e. The molecular weight excluding hydrogens is 488 g/mol. The highest BCUT2D eigenvalue weighted by atomic mass is 32.2. The van der Waals surface area contributed by atoms with Gasteiger partial charge in [-0.25, -0.2) is 8.42 Å². The van der Waals surface area contributed by atoms with Crippen molar-refractivity contribution in [3.8, 4) is 11.4 Å². The first-order valence-electron chi connectivity index (χ1n) is 11.2. The van der Waals surface area contributed by atoms with Crippen LogP contribution < -0.4 is 4.74 Å². The number of carbonyl (C=O) groups excluding carboxylic acids is 1. The number of sulfonamides is 1. The van der Waals surface area contributed by atoms with Crippen LogP contribution in [0.4, 0.5) is 5.82 Å². The minimum atomic E-state index is -3.69. The van der Waals surface area contributed by atoms with Crippen molar-refractivity contribution >= 4 is 21.6 Å². The second-order valence-corrected chi connectivity index (χ2v) is 10.3. The molecule has 0 N–H and O–H groups in total. The molecule has 1 aliphatic rings. The van der Waals surface area contributed by atoms with Crippen LogP contribution in [0.2, 0.25) is 0 Å². The zero-order valence-corrected chi connectivity index (χ0v) is 20.9. The maximum absolute atomic E-state index is 13.1. The van der Waals surface area contributed by atoms with Gasteiger partial charge in [0.2, 0.25) is 21.6 Å². The molecule has 0 amide bonds. The first kappa shape index (κ1) is 25.5. The third-order valence-electron chi connectivity index (χ3n) is 5.93. The Bertz CT molecular complexity index is 1430. The van der Waals surface area contributed by atoms with Crippen LogP contribution in [-0.4, -0.2) is 65.9 Å². The number of nitro groups is 1. The zero-order valence-electron chi connectivity index (χ0n) is 20.1. The van der Waals surface area contributed by atoms with Gasteiger partial charge in [0.1, 0.15) is 5.69 Å².